The fraction of sp³-hybridized carbons (Fsp3) is 0.471. The lowest BCUT2D eigenvalue weighted by Crippen LogP contribution is -2.50. The standard InChI is InChI=1S/C17H24N4O7S/c1-27-8-5-14(22)15(23)12(9-11-3-6-18-7-4-11)19-16(24)13-10-28-17(20-13)21-29(2,25)26/h3-4,6-7,10,12,14-15,22-23H,5,8-9H2,1-2H3,(H,19,24)(H,20,21). The van der Waals surface area contributed by atoms with Gasteiger partial charge in [0.2, 0.25) is 10.0 Å². The molecule has 29 heavy (non-hydrogen) atoms. The van der Waals surface area contributed by atoms with Crippen molar-refractivity contribution in [3.8, 4) is 0 Å². The molecular formula is C17H24N4O7S. The van der Waals surface area contributed by atoms with Crippen LogP contribution in [0, 0.1) is 0 Å². The van der Waals surface area contributed by atoms with Gasteiger partial charge in [-0.05, 0) is 30.5 Å². The number of aromatic nitrogens is 2. The molecule has 0 aliphatic rings. The molecule has 160 valence electrons. The summed E-state index contributed by atoms with van der Waals surface area (Å²) in [6.45, 7) is 0.234. The van der Waals surface area contributed by atoms with E-state index in [1.165, 1.54) is 7.11 Å². The van der Waals surface area contributed by atoms with Gasteiger partial charge in [0.1, 0.15) is 12.4 Å². The van der Waals surface area contributed by atoms with Gasteiger partial charge in [-0.3, -0.25) is 9.78 Å². The van der Waals surface area contributed by atoms with E-state index in [-0.39, 0.29) is 31.2 Å². The molecule has 2 aromatic rings. The number of methoxy groups -OCH3 is 1. The highest BCUT2D eigenvalue weighted by molar-refractivity contribution is 7.91. The van der Waals surface area contributed by atoms with Crippen molar-refractivity contribution in [2.45, 2.75) is 31.1 Å². The minimum absolute atomic E-state index is 0.173. The van der Waals surface area contributed by atoms with Crippen molar-refractivity contribution in [3.05, 3.63) is 42.0 Å². The highest BCUT2D eigenvalue weighted by Crippen LogP contribution is 2.13. The van der Waals surface area contributed by atoms with Crippen LogP contribution in [0.15, 0.2) is 35.2 Å². The SMILES string of the molecule is COCCC(O)C(O)C(Cc1ccncc1)NC(=O)c1coc(NS(C)(=O)=O)n1. The van der Waals surface area contributed by atoms with Gasteiger partial charge in [-0.2, -0.15) is 4.98 Å². The number of sulfonamides is 1. The number of ether oxygens (including phenoxy) is 1. The van der Waals surface area contributed by atoms with Crippen LogP contribution in [0.3, 0.4) is 0 Å². The molecule has 0 aliphatic heterocycles. The zero-order valence-electron chi connectivity index (χ0n) is 16.0. The van der Waals surface area contributed by atoms with Gasteiger partial charge in [-0.25, -0.2) is 13.1 Å². The second kappa shape index (κ2) is 10.3. The number of anilines is 1. The van der Waals surface area contributed by atoms with Crippen LogP contribution in [0.25, 0.3) is 0 Å². The molecule has 0 spiro atoms. The lowest BCUT2D eigenvalue weighted by Gasteiger charge is -2.27. The first-order valence-electron chi connectivity index (χ1n) is 8.67. The molecule has 0 saturated carbocycles. The average Bonchev–Trinajstić information content (AvgIpc) is 3.12. The number of amides is 1. The van der Waals surface area contributed by atoms with E-state index in [2.05, 4.69) is 15.3 Å². The average molecular weight is 428 g/mol. The number of rotatable bonds is 11. The molecule has 0 aromatic carbocycles. The summed E-state index contributed by atoms with van der Waals surface area (Å²) >= 11 is 0. The molecular weight excluding hydrogens is 404 g/mol. The summed E-state index contributed by atoms with van der Waals surface area (Å²) < 4.78 is 34.3. The van der Waals surface area contributed by atoms with E-state index in [1.807, 2.05) is 4.72 Å². The molecule has 0 bridgehead atoms. The lowest BCUT2D eigenvalue weighted by molar-refractivity contribution is -0.0177. The van der Waals surface area contributed by atoms with Crippen molar-refractivity contribution in [2.75, 3.05) is 24.7 Å². The van der Waals surface area contributed by atoms with Crippen molar-refractivity contribution < 1.29 is 32.6 Å². The summed E-state index contributed by atoms with van der Waals surface area (Å²) in [5.74, 6) is -0.702. The maximum atomic E-state index is 12.5. The molecule has 3 atom stereocenters. The van der Waals surface area contributed by atoms with E-state index < -0.39 is 34.2 Å². The molecule has 1 amide bonds. The van der Waals surface area contributed by atoms with Crippen molar-refractivity contribution in [2.24, 2.45) is 0 Å². The van der Waals surface area contributed by atoms with Gasteiger partial charge in [0.25, 0.3) is 5.91 Å². The number of carbonyl (C=O) groups excluding carboxylic acids is 1. The number of hydrogen-bond acceptors (Lipinski definition) is 9. The zero-order valence-corrected chi connectivity index (χ0v) is 16.8. The molecule has 2 aromatic heterocycles. The van der Waals surface area contributed by atoms with Crippen LogP contribution in [0.1, 0.15) is 22.5 Å². The normalized spacial score (nSPS) is 14.8. The van der Waals surface area contributed by atoms with Gasteiger partial charge in [0.15, 0.2) is 5.69 Å². The maximum Gasteiger partial charge on any atom is 0.309 e. The smallest absolute Gasteiger partial charge is 0.309 e. The minimum Gasteiger partial charge on any atom is -0.431 e. The summed E-state index contributed by atoms with van der Waals surface area (Å²) in [4.78, 5) is 20.2. The van der Waals surface area contributed by atoms with Gasteiger partial charge in [-0.1, -0.05) is 0 Å². The van der Waals surface area contributed by atoms with E-state index in [0.717, 1.165) is 18.1 Å². The second-order valence-corrected chi connectivity index (χ2v) is 8.14. The summed E-state index contributed by atoms with van der Waals surface area (Å²) in [5, 5.41) is 23.4. The third-order valence-electron chi connectivity index (χ3n) is 3.96. The molecule has 0 saturated heterocycles. The van der Waals surface area contributed by atoms with E-state index in [0.29, 0.717) is 0 Å². The fourth-order valence-electron chi connectivity index (χ4n) is 2.53. The van der Waals surface area contributed by atoms with Crippen molar-refractivity contribution in [1.82, 2.24) is 15.3 Å². The number of nitrogens with zero attached hydrogens (tertiary/aromatic N) is 2. The number of nitrogens with one attached hydrogen (secondary N) is 2. The highest BCUT2D eigenvalue weighted by atomic mass is 32.2. The van der Waals surface area contributed by atoms with Crippen molar-refractivity contribution >= 4 is 21.9 Å². The molecule has 2 rings (SSSR count). The molecule has 11 nitrogen and oxygen atoms in total. The Hall–Kier alpha value is -2.54. The number of oxazole rings is 1. The molecule has 0 fully saturated rings. The first kappa shape index (κ1) is 22.7. The van der Waals surface area contributed by atoms with E-state index >= 15 is 0 Å². The Kier molecular flexibility index (Phi) is 8.08. The van der Waals surface area contributed by atoms with Gasteiger partial charge >= 0.3 is 6.01 Å². The number of hydrogen-bond donors (Lipinski definition) is 4. The van der Waals surface area contributed by atoms with Crippen LogP contribution in [-0.4, -0.2) is 72.7 Å². The maximum absolute atomic E-state index is 12.5. The molecule has 0 radical (unpaired) electrons. The van der Waals surface area contributed by atoms with Crippen LogP contribution in [0.5, 0.6) is 0 Å². The van der Waals surface area contributed by atoms with Gasteiger partial charge < -0.3 is 24.7 Å². The summed E-state index contributed by atoms with van der Waals surface area (Å²) in [7, 11) is -2.14. The molecule has 12 heteroatoms. The molecule has 3 unspecified atom stereocenters. The van der Waals surface area contributed by atoms with Gasteiger partial charge in [0, 0.05) is 26.1 Å². The van der Waals surface area contributed by atoms with Crippen LogP contribution in [0.2, 0.25) is 0 Å². The fourth-order valence-corrected chi connectivity index (χ4v) is 2.94. The minimum atomic E-state index is -3.62. The Morgan fingerprint density at radius 2 is 2.00 bits per heavy atom. The highest BCUT2D eigenvalue weighted by Gasteiger charge is 2.29. The lowest BCUT2D eigenvalue weighted by atomic mass is 9.96. The van der Waals surface area contributed by atoms with Gasteiger partial charge in [0.05, 0.1) is 18.4 Å². The Balaban J connectivity index is 2.14. The number of carbonyl (C=O) groups is 1. The van der Waals surface area contributed by atoms with Gasteiger partial charge in [-0.15, -0.1) is 0 Å². The molecule has 0 aliphatic carbocycles. The van der Waals surface area contributed by atoms with Crippen LogP contribution in [-0.2, 0) is 21.2 Å². The van der Waals surface area contributed by atoms with Crippen LogP contribution < -0.4 is 10.0 Å². The molecule has 4 N–H and O–H groups in total. The first-order chi connectivity index (χ1) is 13.7. The van der Waals surface area contributed by atoms with Crippen molar-refractivity contribution in [1.29, 1.82) is 0 Å². The second-order valence-electron chi connectivity index (χ2n) is 6.39. The largest absolute Gasteiger partial charge is 0.431 e. The van der Waals surface area contributed by atoms with Crippen LogP contribution in [0.4, 0.5) is 6.01 Å². The Bertz CT molecular complexity index is 888. The monoisotopic (exact) mass is 428 g/mol. The Morgan fingerprint density at radius 1 is 1.31 bits per heavy atom. The number of aliphatic hydroxyl groups is 2. The Morgan fingerprint density at radius 3 is 2.62 bits per heavy atom. The third kappa shape index (κ3) is 7.42. The summed E-state index contributed by atoms with van der Waals surface area (Å²) in [5.41, 5.74) is 0.595. The predicted molar refractivity (Wildman–Crippen MR) is 103 cm³/mol. The Labute approximate surface area is 168 Å². The predicted octanol–water partition coefficient (Wildman–Crippen LogP) is -0.459. The van der Waals surface area contributed by atoms with E-state index in [9.17, 15) is 23.4 Å². The van der Waals surface area contributed by atoms with E-state index in [1.54, 1.807) is 24.5 Å². The first-order valence-corrected chi connectivity index (χ1v) is 10.6. The third-order valence-corrected chi connectivity index (χ3v) is 4.50. The number of aliphatic hydroxyl groups excluding tert-OH is 2. The quantitative estimate of drug-likeness (QED) is 0.371. The zero-order chi connectivity index (χ0) is 21.4. The topological polar surface area (TPSA) is 164 Å². The van der Waals surface area contributed by atoms with Crippen molar-refractivity contribution in [3.63, 3.8) is 0 Å². The molecule has 2 heterocycles. The van der Waals surface area contributed by atoms with Crippen LogP contribution >= 0.6 is 0 Å². The summed E-state index contributed by atoms with van der Waals surface area (Å²) in [6.07, 6.45) is 3.01. The summed E-state index contributed by atoms with van der Waals surface area (Å²) in [6, 6.07) is 2.22. The van der Waals surface area contributed by atoms with E-state index in [4.69, 9.17) is 9.15 Å². The number of pyridine rings is 1.